The Balaban J connectivity index is 1.52. The van der Waals surface area contributed by atoms with E-state index in [-0.39, 0.29) is 16.7 Å². The van der Waals surface area contributed by atoms with Gasteiger partial charge in [0.15, 0.2) is 4.34 Å². The van der Waals surface area contributed by atoms with Crippen LogP contribution < -0.4 is 15.4 Å². The first-order valence-electron chi connectivity index (χ1n) is 7.66. The molecule has 0 spiro atoms. The highest BCUT2D eigenvalue weighted by molar-refractivity contribution is 8.01. The zero-order valence-corrected chi connectivity index (χ0v) is 16.4. The average molecular weight is 425 g/mol. The number of nitrogens with one attached hydrogen (secondary N) is 2. The molecule has 0 unspecified atom stereocenters. The van der Waals surface area contributed by atoms with Crippen molar-refractivity contribution in [2.45, 2.75) is 4.34 Å². The number of carbonyl (C=O) groups excluding carboxylic acids is 1. The Labute approximate surface area is 168 Å². The summed E-state index contributed by atoms with van der Waals surface area (Å²) in [5.41, 5.74) is 1.26. The molecule has 0 saturated heterocycles. The molecule has 0 saturated carbocycles. The van der Waals surface area contributed by atoms with Gasteiger partial charge in [0.25, 0.3) is 0 Å². The molecule has 0 aliphatic heterocycles. The van der Waals surface area contributed by atoms with E-state index in [1.165, 1.54) is 41.3 Å². The lowest BCUT2D eigenvalue weighted by atomic mass is 10.3. The van der Waals surface area contributed by atoms with E-state index in [1.807, 2.05) is 24.3 Å². The zero-order chi connectivity index (χ0) is 19.2. The van der Waals surface area contributed by atoms with Crippen LogP contribution in [0.15, 0.2) is 46.8 Å². The lowest BCUT2D eigenvalue weighted by Crippen LogP contribution is -2.13. The smallest absolute Gasteiger partial charge is 0.234 e. The van der Waals surface area contributed by atoms with E-state index in [9.17, 15) is 9.18 Å². The third kappa shape index (κ3) is 5.56. The van der Waals surface area contributed by atoms with Crippen LogP contribution in [-0.4, -0.2) is 29.0 Å². The number of halogens is 2. The van der Waals surface area contributed by atoms with Crippen LogP contribution in [0.5, 0.6) is 5.75 Å². The van der Waals surface area contributed by atoms with Crippen LogP contribution in [0.25, 0.3) is 0 Å². The minimum absolute atomic E-state index is 0.0437. The minimum atomic E-state index is -0.533. The van der Waals surface area contributed by atoms with E-state index in [4.69, 9.17) is 16.3 Å². The van der Waals surface area contributed by atoms with Crippen LogP contribution in [0.3, 0.4) is 0 Å². The molecule has 0 aliphatic rings. The molecule has 6 nitrogen and oxygen atoms in total. The molecule has 27 heavy (non-hydrogen) atoms. The van der Waals surface area contributed by atoms with Crippen LogP contribution in [0.2, 0.25) is 5.02 Å². The fraction of sp³-hybridized carbons (Fsp3) is 0.118. The quantitative estimate of drug-likeness (QED) is 0.530. The predicted molar refractivity (Wildman–Crippen MR) is 107 cm³/mol. The lowest BCUT2D eigenvalue weighted by molar-refractivity contribution is -0.113. The van der Waals surface area contributed by atoms with Crippen LogP contribution in [0, 0.1) is 5.82 Å². The first-order valence-corrected chi connectivity index (χ1v) is 9.84. The zero-order valence-electron chi connectivity index (χ0n) is 14.0. The van der Waals surface area contributed by atoms with Crippen molar-refractivity contribution < 1.29 is 13.9 Å². The number of anilines is 3. The first-order chi connectivity index (χ1) is 13.0. The SMILES string of the molecule is COc1cccc(Nc2nnc(SCC(=O)Nc3ccc(F)c(Cl)c3)s2)c1. The maximum atomic E-state index is 13.1. The standard InChI is InChI=1S/C17H14ClFN4O2S2/c1-25-12-4-2-3-10(7-12)21-16-22-23-17(27-16)26-9-15(24)20-11-5-6-14(19)13(18)8-11/h2-8H,9H2,1H3,(H,20,24)(H,21,22). The van der Waals surface area contributed by atoms with Crippen LogP contribution in [0.4, 0.5) is 20.9 Å². The Morgan fingerprint density at radius 3 is 2.89 bits per heavy atom. The largest absolute Gasteiger partial charge is 0.497 e. The van der Waals surface area contributed by atoms with Crippen molar-refractivity contribution in [2.75, 3.05) is 23.5 Å². The van der Waals surface area contributed by atoms with Gasteiger partial charge >= 0.3 is 0 Å². The van der Waals surface area contributed by atoms with Gasteiger partial charge in [-0.3, -0.25) is 4.79 Å². The molecular formula is C17H14ClFN4O2S2. The van der Waals surface area contributed by atoms with Gasteiger partial charge in [-0.1, -0.05) is 40.8 Å². The maximum absolute atomic E-state index is 13.1. The Morgan fingerprint density at radius 1 is 1.26 bits per heavy atom. The maximum Gasteiger partial charge on any atom is 0.234 e. The molecular weight excluding hydrogens is 411 g/mol. The van der Waals surface area contributed by atoms with E-state index in [2.05, 4.69) is 20.8 Å². The molecule has 3 rings (SSSR count). The molecule has 10 heteroatoms. The van der Waals surface area contributed by atoms with Gasteiger partial charge in [0.05, 0.1) is 17.9 Å². The molecule has 0 atom stereocenters. The summed E-state index contributed by atoms with van der Waals surface area (Å²) in [5.74, 6) is 0.0915. The third-order valence-corrected chi connectivity index (χ3v) is 5.52. The number of thioether (sulfide) groups is 1. The number of methoxy groups -OCH3 is 1. The molecule has 1 aromatic heterocycles. The number of rotatable bonds is 7. The summed E-state index contributed by atoms with van der Waals surface area (Å²) in [6, 6.07) is 11.5. The summed E-state index contributed by atoms with van der Waals surface area (Å²) in [5, 5.41) is 14.5. The first kappa shape index (κ1) is 19.4. The molecule has 1 amide bonds. The fourth-order valence-electron chi connectivity index (χ4n) is 2.04. The second-order valence-electron chi connectivity index (χ2n) is 5.20. The molecule has 3 aromatic rings. The van der Waals surface area contributed by atoms with Gasteiger partial charge in [-0.25, -0.2) is 4.39 Å². The topological polar surface area (TPSA) is 76.1 Å². The molecule has 0 fully saturated rings. The van der Waals surface area contributed by atoms with Crippen LogP contribution in [0.1, 0.15) is 0 Å². The summed E-state index contributed by atoms with van der Waals surface area (Å²) >= 11 is 8.28. The minimum Gasteiger partial charge on any atom is -0.497 e. The Morgan fingerprint density at radius 2 is 2.11 bits per heavy atom. The number of amides is 1. The van der Waals surface area contributed by atoms with E-state index < -0.39 is 5.82 Å². The summed E-state index contributed by atoms with van der Waals surface area (Å²) in [4.78, 5) is 12.0. The number of hydrogen-bond acceptors (Lipinski definition) is 7. The Hall–Kier alpha value is -2.36. The summed E-state index contributed by atoms with van der Waals surface area (Å²) in [7, 11) is 1.60. The molecule has 1 heterocycles. The molecule has 2 N–H and O–H groups in total. The summed E-state index contributed by atoms with van der Waals surface area (Å²) in [6.45, 7) is 0. The number of nitrogens with zero attached hydrogens (tertiary/aromatic N) is 2. The van der Waals surface area contributed by atoms with Gasteiger partial charge in [-0.2, -0.15) is 0 Å². The van der Waals surface area contributed by atoms with E-state index in [1.54, 1.807) is 7.11 Å². The highest BCUT2D eigenvalue weighted by Crippen LogP contribution is 2.29. The average Bonchev–Trinajstić information content (AvgIpc) is 3.10. The Kier molecular flexibility index (Phi) is 6.49. The molecule has 0 radical (unpaired) electrons. The monoisotopic (exact) mass is 424 g/mol. The predicted octanol–water partition coefficient (Wildman–Crippen LogP) is 4.81. The van der Waals surface area contributed by atoms with Gasteiger partial charge in [-0.05, 0) is 30.3 Å². The number of ether oxygens (including phenoxy) is 1. The van der Waals surface area contributed by atoms with Crippen molar-refractivity contribution in [1.29, 1.82) is 0 Å². The van der Waals surface area contributed by atoms with E-state index in [0.29, 0.717) is 15.2 Å². The second-order valence-corrected chi connectivity index (χ2v) is 7.80. The lowest BCUT2D eigenvalue weighted by Gasteiger charge is -2.05. The summed E-state index contributed by atoms with van der Waals surface area (Å²) < 4.78 is 19.0. The van der Waals surface area contributed by atoms with Crippen LogP contribution in [-0.2, 0) is 4.79 Å². The molecule has 2 aromatic carbocycles. The number of carbonyl (C=O) groups is 1. The fourth-order valence-corrected chi connectivity index (χ4v) is 3.79. The summed E-state index contributed by atoms with van der Waals surface area (Å²) in [6.07, 6.45) is 0. The van der Waals surface area contributed by atoms with Gasteiger partial charge in [-0.15, -0.1) is 10.2 Å². The van der Waals surface area contributed by atoms with E-state index >= 15 is 0 Å². The number of hydrogen-bond donors (Lipinski definition) is 2. The van der Waals surface area contributed by atoms with Crippen molar-refractivity contribution in [1.82, 2.24) is 10.2 Å². The van der Waals surface area contributed by atoms with Crippen molar-refractivity contribution in [3.05, 3.63) is 53.3 Å². The van der Waals surface area contributed by atoms with Crippen LogP contribution >= 0.6 is 34.7 Å². The molecule has 0 bridgehead atoms. The Bertz CT molecular complexity index is 954. The molecule has 0 aliphatic carbocycles. The van der Waals surface area contributed by atoms with Crippen molar-refractivity contribution in [2.24, 2.45) is 0 Å². The highest BCUT2D eigenvalue weighted by Gasteiger charge is 2.10. The van der Waals surface area contributed by atoms with Crippen molar-refractivity contribution in [3.63, 3.8) is 0 Å². The highest BCUT2D eigenvalue weighted by atomic mass is 35.5. The van der Waals surface area contributed by atoms with Crippen molar-refractivity contribution >= 4 is 57.1 Å². The van der Waals surface area contributed by atoms with Gasteiger partial charge in [0.2, 0.25) is 11.0 Å². The third-order valence-electron chi connectivity index (χ3n) is 3.26. The van der Waals surface area contributed by atoms with E-state index in [0.717, 1.165) is 11.4 Å². The van der Waals surface area contributed by atoms with Gasteiger partial charge in [0.1, 0.15) is 11.6 Å². The number of aromatic nitrogens is 2. The van der Waals surface area contributed by atoms with Gasteiger partial charge < -0.3 is 15.4 Å². The normalized spacial score (nSPS) is 10.5. The van der Waals surface area contributed by atoms with Crippen molar-refractivity contribution in [3.8, 4) is 5.75 Å². The van der Waals surface area contributed by atoms with Gasteiger partial charge in [0, 0.05) is 17.4 Å². The second kappa shape index (κ2) is 9.03. The molecule has 140 valence electrons. The number of benzene rings is 2.